The van der Waals surface area contributed by atoms with E-state index < -0.39 is 10.0 Å². The maximum atomic E-state index is 13.0. The van der Waals surface area contributed by atoms with E-state index in [1.54, 1.807) is 29.9 Å². The summed E-state index contributed by atoms with van der Waals surface area (Å²) >= 11 is 0. The van der Waals surface area contributed by atoms with Gasteiger partial charge in [0, 0.05) is 38.7 Å². The third-order valence-corrected chi connectivity index (χ3v) is 8.34. The number of aromatic nitrogens is 4. The molecule has 0 bridgehead atoms. The molecule has 0 N–H and O–H groups in total. The second-order valence-electron chi connectivity index (χ2n) is 8.90. The number of allylic oxidation sites excluding steroid dienone is 2. The molecule has 0 spiro atoms. The Labute approximate surface area is 200 Å². The lowest BCUT2D eigenvalue weighted by atomic mass is 9.86. The number of oxazole rings is 1. The molecule has 34 heavy (non-hydrogen) atoms. The minimum Gasteiger partial charge on any atom is -0.432 e. The van der Waals surface area contributed by atoms with Crippen molar-refractivity contribution in [2.24, 2.45) is 23.9 Å². The normalized spacial score (nSPS) is 19.3. The van der Waals surface area contributed by atoms with Gasteiger partial charge in [0.25, 0.3) is 10.0 Å². The van der Waals surface area contributed by atoms with Crippen LogP contribution in [0.2, 0.25) is 0 Å². The van der Waals surface area contributed by atoms with E-state index in [1.807, 2.05) is 36.7 Å². The average Bonchev–Trinajstić information content (AvgIpc) is 3.54. The maximum Gasteiger partial charge on any atom is 0.306 e. The van der Waals surface area contributed by atoms with E-state index in [4.69, 9.17) is 4.42 Å². The molecule has 3 aromatic rings. The summed E-state index contributed by atoms with van der Waals surface area (Å²) in [5, 5.41) is 4.21. The number of piperidine rings is 1. The van der Waals surface area contributed by atoms with E-state index >= 15 is 0 Å². The van der Waals surface area contributed by atoms with Gasteiger partial charge in [0.1, 0.15) is 12.0 Å². The van der Waals surface area contributed by atoms with Crippen LogP contribution in [0.5, 0.6) is 0 Å². The number of hydrogen-bond acceptors (Lipinski definition) is 6. The summed E-state index contributed by atoms with van der Waals surface area (Å²) in [7, 11) is -1.85. The molecule has 0 saturated carbocycles. The largest absolute Gasteiger partial charge is 0.432 e. The molecule has 0 aromatic carbocycles. The van der Waals surface area contributed by atoms with Crippen LogP contribution in [0.1, 0.15) is 51.4 Å². The fourth-order valence-electron chi connectivity index (χ4n) is 4.38. The second-order valence-corrected chi connectivity index (χ2v) is 10.8. The smallest absolute Gasteiger partial charge is 0.306 e. The van der Waals surface area contributed by atoms with Crippen molar-refractivity contribution in [1.29, 1.82) is 0 Å². The zero-order valence-electron chi connectivity index (χ0n) is 20.2. The number of nitrogens with zero attached hydrogens (tertiary/aromatic N) is 6. The van der Waals surface area contributed by atoms with Crippen LogP contribution in [0.3, 0.4) is 0 Å². The van der Waals surface area contributed by atoms with Gasteiger partial charge in [0.15, 0.2) is 5.03 Å². The van der Waals surface area contributed by atoms with Crippen LogP contribution in [0, 0.1) is 11.8 Å². The van der Waals surface area contributed by atoms with Crippen molar-refractivity contribution >= 4 is 33.4 Å². The van der Waals surface area contributed by atoms with E-state index in [2.05, 4.69) is 28.6 Å². The molecule has 9 nitrogen and oxygen atoms in total. The summed E-state index contributed by atoms with van der Waals surface area (Å²) in [5.74, 6) is 1.03. The lowest BCUT2D eigenvalue weighted by molar-refractivity contribution is 0.213. The molecule has 10 heteroatoms. The molecule has 0 aliphatic carbocycles. The molecular weight excluding hydrogens is 452 g/mol. The monoisotopic (exact) mass is 484 g/mol. The van der Waals surface area contributed by atoms with Crippen LogP contribution in [0.25, 0.3) is 17.1 Å². The molecule has 0 amide bonds. The first-order valence-corrected chi connectivity index (χ1v) is 13.0. The van der Waals surface area contributed by atoms with Gasteiger partial charge in [-0.05, 0) is 56.6 Å². The number of fused-ring (bicyclic) bond motifs is 1. The van der Waals surface area contributed by atoms with Crippen molar-refractivity contribution in [3.8, 4) is 0 Å². The lowest BCUT2D eigenvalue weighted by Gasteiger charge is -2.34. The highest BCUT2D eigenvalue weighted by atomic mass is 32.2. The Morgan fingerprint density at radius 3 is 2.91 bits per heavy atom. The predicted octanol–water partition coefficient (Wildman–Crippen LogP) is 4.25. The SMILES string of the molecule is C=C(N=CCC(C)C1CCCN(S(=O)(=O)c2ccn(C)n2)C1)c1c(C(C)=CC)nc2occn12. The molecule has 1 fully saturated rings. The van der Waals surface area contributed by atoms with Gasteiger partial charge in [-0.15, -0.1) is 0 Å². The van der Waals surface area contributed by atoms with Crippen molar-refractivity contribution in [3.05, 3.63) is 48.8 Å². The van der Waals surface area contributed by atoms with E-state index in [0.29, 0.717) is 24.6 Å². The molecule has 1 aliphatic heterocycles. The Bertz CT molecular complexity index is 1340. The topological polar surface area (TPSA) is 98.0 Å². The van der Waals surface area contributed by atoms with Crippen LogP contribution in [-0.2, 0) is 17.1 Å². The van der Waals surface area contributed by atoms with Crippen LogP contribution in [0.15, 0.2) is 51.8 Å². The van der Waals surface area contributed by atoms with Crippen molar-refractivity contribution in [2.75, 3.05) is 13.1 Å². The number of aryl methyl sites for hydroxylation is 1. The molecule has 2 atom stereocenters. The van der Waals surface area contributed by atoms with Crippen LogP contribution in [0.4, 0.5) is 0 Å². The number of hydrogen-bond donors (Lipinski definition) is 0. The van der Waals surface area contributed by atoms with Crippen LogP contribution >= 0.6 is 0 Å². The third-order valence-electron chi connectivity index (χ3n) is 6.58. The Hall–Kier alpha value is -2.98. The quantitative estimate of drug-likeness (QED) is 0.445. The molecule has 1 saturated heterocycles. The minimum atomic E-state index is -3.57. The molecule has 0 radical (unpaired) electrons. The minimum absolute atomic E-state index is 0.111. The molecule has 182 valence electrons. The Kier molecular flexibility index (Phi) is 6.90. The van der Waals surface area contributed by atoms with Gasteiger partial charge in [-0.2, -0.15) is 14.4 Å². The Morgan fingerprint density at radius 1 is 1.41 bits per heavy atom. The molecule has 3 aromatic heterocycles. The van der Waals surface area contributed by atoms with Gasteiger partial charge in [-0.3, -0.25) is 14.1 Å². The zero-order chi connectivity index (χ0) is 24.5. The first-order chi connectivity index (χ1) is 16.2. The molecular formula is C24H32N6O3S. The third kappa shape index (κ3) is 4.65. The van der Waals surface area contributed by atoms with Crippen LogP contribution in [-0.4, -0.2) is 51.2 Å². The van der Waals surface area contributed by atoms with Crippen molar-refractivity contribution in [2.45, 2.75) is 45.1 Å². The highest BCUT2D eigenvalue weighted by molar-refractivity contribution is 7.89. The molecule has 4 heterocycles. The van der Waals surface area contributed by atoms with E-state index in [-0.39, 0.29) is 16.9 Å². The maximum absolute atomic E-state index is 13.0. The number of imidazole rings is 1. The highest BCUT2D eigenvalue weighted by Gasteiger charge is 2.33. The number of sulfonamides is 1. The van der Waals surface area contributed by atoms with Gasteiger partial charge in [-0.25, -0.2) is 8.42 Å². The number of rotatable bonds is 8. The van der Waals surface area contributed by atoms with Gasteiger partial charge < -0.3 is 4.42 Å². The second kappa shape index (κ2) is 9.71. The lowest BCUT2D eigenvalue weighted by Crippen LogP contribution is -2.41. The predicted molar refractivity (Wildman–Crippen MR) is 133 cm³/mol. The highest BCUT2D eigenvalue weighted by Crippen LogP contribution is 2.30. The standard InChI is InChI=1S/C24H32N6O3S/c1-6-17(2)22-23(30-14-15-33-24(30)26-22)19(4)25-11-9-18(3)20-8-7-12-29(16-20)34(31,32)21-10-13-28(5)27-21/h6,10-11,13-15,18,20H,4,7-9,12,16H2,1-3,5H3. The average molecular weight is 485 g/mol. The fourth-order valence-corrected chi connectivity index (χ4v) is 5.86. The molecule has 2 unspecified atom stereocenters. The van der Waals surface area contributed by atoms with Crippen molar-refractivity contribution in [1.82, 2.24) is 23.5 Å². The fraction of sp³-hybridized carbons (Fsp3) is 0.458. The van der Waals surface area contributed by atoms with E-state index in [1.165, 1.54) is 4.68 Å². The van der Waals surface area contributed by atoms with E-state index in [9.17, 15) is 8.42 Å². The van der Waals surface area contributed by atoms with Gasteiger partial charge in [0.05, 0.1) is 11.4 Å². The first kappa shape index (κ1) is 24.2. The summed E-state index contributed by atoms with van der Waals surface area (Å²) in [6, 6.07) is 1.55. The summed E-state index contributed by atoms with van der Waals surface area (Å²) in [5.41, 5.74) is 3.25. The number of aliphatic imine (C=N–C) groups is 1. The Balaban J connectivity index is 1.43. The summed E-state index contributed by atoms with van der Waals surface area (Å²) in [6.45, 7) is 11.3. The van der Waals surface area contributed by atoms with E-state index in [0.717, 1.165) is 36.2 Å². The summed E-state index contributed by atoms with van der Waals surface area (Å²) in [6.07, 6.45) is 11.5. The summed E-state index contributed by atoms with van der Waals surface area (Å²) < 4.78 is 36.4. The van der Waals surface area contributed by atoms with Gasteiger partial charge in [-0.1, -0.05) is 19.6 Å². The summed E-state index contributed by atoms with van der Waals surface area (Å²) in [4.78, 5) is 9.20. The van der Waals surface area contributed by atoms with Gasteiger partial charge >= 0.3 is 5.84 Å². The van der Waals surface area contributed by atoms with Gasteiger partial charge in [0.2, 0.25) is 0 Å². The van der Waals surface area contributed by atoms with Crippen molar-refractivity contribution < 1.29 is 12.8 Å². The first-order valence-electron chi connectivity index (χ1n) is 11.5. The zero-order valence-corrected chi connectivity index (χ0v) is 21.0. The molecule has 1 aliphatic rings. The van der Waals surface area contributed by atoms with Crippen molar-refractivity contribution in [3.63, 3.8) is 0 Å². The molecule has 4 rings (SSSR count). The van der Waals surface area contributed by atoms with Crippen LogP contribution < -0.4 is 0 Å². The Morgan fingerprint density at radius 2 is 2.21 bits per heavy atom.